The number of carbonyl (C=O) groups is 2. The van der Waals surface area contributed by atoms with Gasteiger partial charge in [-0.25, -0.2) is 0 Å². The number of halogens is 2. The highest BCUT2D eigenvalue weighted by Crippen LogP contribution is 2.43. The molecule has 6 heteroatoms. The van der Waals surface area contributed by atoms with Crippen molar-refractivity contribution in [3.05, 3.63) is 112 Å². The molecular weight excluding hydrogens is 455 g/mol. The molecular formula is C27H18Cl2N2O2. The van der Waals surface area contributed by atoms with Crippen LogP contribution in [0, 0.1) is 0 Å². The summed E-state index contributed by atoms with van der Waals surface area (Å²) in [4.78, 5) is 27.9. The van der Waals surface area contributed by atoms with Crippen LogP contribution in [-0.2, 0) is 6.54 Å². The zero-order valence-corrected chi connectivity index (χ0v) is 18.9. The van der Waals surface area contributed by atoms with E-state index in [9.17, 15) is 9.59 Å². The van der Waals surface area contributed by atoms with Crippen molar-refractivity contribution in [1.82, 2.24) is 0 Å². The van der Waals surface area contributed by atoms with Crippen LogP contribution in [0.1, 0.15) is 26.3 Å². The minimum Gasteiger partial charge on any atom is -0.366 e. The van der Waals surface area contributed by atoms with E-state index in [2.05, 4.69) is 6.07 Å². The highest BCUT2D eigenvalue weighted by atomic mass is 35.5. The summed E-state index contributed by atoms with van der Waals surface area (Å²) in [5, 5.41) is 0.150. The molecule has 0 aliphatic carbocycles. The number of hydrogen-bond acceptors (Lipinski definition) is 2. The number of hydrogen-bond donors (Lipinski definition) is 1. The van der Waals surface area contributed by atoms with Crippen molar-refractivity contribution in [2.45, 2.75) is 6.54 Å². The molecule has 4 aromatic rings. The van der Waals surface area contributed by atoms with Crippen molar-refractivity contribution in [3.8, 4) is 22.3 Å². The fourth-order valence-corrected chi connectivity index (χ4v) is 4.86. The summed E-state index contributed by atoms with van der Waals surface area (Å²) in [6.45, 7) is 0.381. The molecule has 4 aromatic carbocycles. The Morgan fingerprint density at radius 3 is 2.12 bits per heavy atom. The standard InChI is InChI=1S/C27H18Cl2N2O2/c28-24-21(26(30)32)14-20(23(25(24)29)16-8-2-1-3-9-16)27(33)31-15-17-10-4-5-11-18(17)19-12-6-7-13-22(19)31/h1-14H,15H2,(H2,30,32). The summed E-state index contributed by atoms with van der Waals surface area (Å²) in [7, 11) is 0. The minimum absolute atomic E-state index is 0.00962. The monoisotopic (exact) mass is 472 g/mol. The molecule has 2 amide bonds. The Balaban J connectivity index is 1.73. The average molecular weight is 473 g/mol. The molecule has 0 bridgehead atoms. The molecule has 0 aromatic heterocycles. The third-order valence-corrected chi connectivity index (χ3v) is 6.71. The molecule has 0 atom stereocenters. The smallest absolute Gasteiger partial charge is 0.259 e. The number of amides is 2. The van der Waals surface area contributed by atoms with Gasteiger partial charge in [0.1, 0.15) is 0 Å². The quantitative estimate of drug-likeness (QED) is 0.365. The number of nitrogens with two attached hydrogens (primary N) is 1. The second kappa shape index (κ2) is 8.39. The van der Waals surface area contributed by atoms with E-state index in [0.717, 1.165) is 27.9 Å². The molecule has 0 unspecified atom stereocenters. The van der Waals surface area contributed by atoms with E-state index in [-0.39, 0.29) is 27.1 Å². The van der Waals surface area contributed by atoms with Crippen molar-refractivity contribution in [2.24, 2.45) is 5.73 Å². The van der Waals surface area contributed by atoms with Gasteiger partial charge in [-0.05, 0) is 28.8 Å². The van der Waals surface area contributed by atoms with E-state index in [0.29, 0.717) is 12.1 Å². The highest BCUT2D eigenvalue weighted by Gasteiger charge is 2.31. The molecule has 1 heterocycles. The largest absolute Gasteiger partial charge is 0.366 e. The van der Waals surface area contributed by atoms with Crippen molar-refractivity contribution < 1.29 is 9.59 Å². The first kappa shape index (κ1) is 21.3. The van der Waals surface area contributed by atoms with Crippen molar-refractivity contribution in [3.63, 3.8) is 0 Å². The maximum absolute atomic E-state index is 14.1. The first-order chi connectivity index (χ1) is 16.0. The third kappa shape index (κ3) is 3.58. The van der Waals surface area contributed by atoms with Crippen molar-refractivity contribution in [2.75, 3.05) is 4.90 Å². The molecule has 0 fully saturated rings. The van der Waals surface area contributed by atoms with Gasteiger partial charge in [-0.1, -0.05) is 96.0 Å². The molecule has 2 N–H and O–H groups in total. The fourth-order valence-electron chi connectivity index (χ4n) is 4.30. The molecule has 0 saturated carbocycles. The van der Waals surface area contributed by atoms with E-state index in [4.69, 9.17) is 28.9 Å². The second-order valence-electron chi connectivity index (χ2n) is 7.77. The van der Waals surface area contributed by atoms with E-state index in [1.807, 2.05) is 72.8 Å². The lowest BCUT2D eigenvalue weighted by Crippen LogP contribution is -2.33. The normalized spacial score (nSPS) is 12.1. The highest BCUT2D eigenvalue weighted by molar-refractivity contribution is 6.46. The number of rotatable bonds is 3. The van der Waals surface area contributed by atoms with Crippen LogP contribution in [0.25, 0.3) is 22.3 Å². The lowest BCUT2D eigenvalue weighted by molar-refractivity contribution is 0.0985. The van der Waals surface area contributed by atoms with Gasteiger partial charge in [0.05, 0.1) is 33.4 Å². The summed E-state index contributed by atoms with van der Waals surface area (Å²) in [5.41, 5.74) is 10.9. The van der Waals surface area contributed by atoms with Crippen LogP contribution < -0.4 is 10.6 Å². The van der Waals surface area contributed by atoms with Crippen molar-refractivity contribution >= 4 is 40.7 Å². The zero-order chi connectivity index (χ0) is 23.1. The summed E-state index contributed by atoms with van der Waals surface area (Å²) < 4.78 is 0. The number of primary amides is 1. The first-order valence-electron chi connectivity index (χ1n) is 10.3. The van der Waals surface area contributed by atoms with Gasteiger partial charge in [0, 0.05) is 11.1 Å². The molecule has 162 valence electrons. The first-order valence-corrected chi connectivity index (χ1v) is 11.1. The Bertz CT molecular complexity index is 1420. The van der Waals surface area contributed by atoms with E-state index in [1.165, 1.54) is 6.07 Å². The third-order valence-electron chi connectivity index (χ3n) is 5.84. The van der Waals surface area contributed by atoms with E-state index < -0.39 is 5.91 Å². The van der Waals surface area contributed by atoms with Gasteiger partial charge in [-0.15, -0.1) is 0 Å². The molecule has 1 aliphatic heterocycles. The van der Waals surface area contributed by atoms with Crippen molar-refractivity contribution in [1.29, 1.82) is 0 Å². The van der Waals surface area contributed by atoms with Crippen LogP contribution in [0.15, 0.2) is 84.9 Å². The number of para-hydroxylation sites is 1. The molecule has 4 nitrogen and oxygen atoms in total. The van der Waals surface area contributed by atoms with Crippen LogP contribution in [-0.4, -0.2) is 11.8 Å². The Morgan fingerprint density at radius 1 is 0.758 bits per heavy atom. The van der Waals surface area contributed by atoms with E-state index in [1.54, 1.807) is 4.90 Å². The van der Waals surface area contributed by atoms with Gasteiger partial charge in [-0.2, -0.15) is 0 Å². The summed E-state index contributed by atoms with van der Waals surface area (Å²) in [6, 6.07) is 26.5. The topological polar surface area (TPSA) is 63.4 Å². The Labute approximate surface area is 201 Å². The number of carbonyl (C=O) groups excluding carboxylic acids is 2. The Hall–Kier alpha value is -3.60. The maximum atomic E-state index is 14.1. The van der Waals surface area contributed by atoms with Crippen LogP contribution >= 0.6 is 23.2 Å². The lowest BCUT2D eigenvalue weighted by atomic mass is 9.91. The van der Waals surface area contributed by atoms with Gasteiger partial charge in [0.25, 0.3) is 5.91 Å². The van der Waals surface area contributed by atoms with Gasteiger partial charge in [-0.3, -0.25) is 9.59 Å². The maximum Gasteiger partial charge on any atom is 0.259 e. The molecule has 1 aliphatic rings. The number of fused-ring (bicyclic) bond motifs is 3. The minimum atomic E-state index is -0.750. The van der Waals surface area contributed by atoms with Gasteiger partial charge < -0.3 is 10.6 Å². The number of anilines is 1. The molecule has 0 spiro atoms. The molecule has 0 radical (unpaired) electrons. The second-order valence-corrected chi connectivity index (χ2v) is 8.53. The summed E-state index contributed by atoms with van der Waals surface area (Å²) in [5.74, 6) is -1.04. The average Bonchev–Trinajstić information content (AvgIpc) is 2.85. The SMILES string of the molecule is NC(=O)c1cc(C(=O)N2Cc3ccccc3-c3ccccc32)c(-c2ccccc2)c(Cl)c1Cl. The Morgan fingerprint density at radius 2 is 1.39 bits per heavy atom. The Kier molecular flexibility index (Phi) is 5.41. The molecule has 0 saturated heterocycles. The zero-order valence-electron chi connectivity index (χ0n) is 17.4. The number of nitrogens with zero attached hydrogens (tertiary/aromatic N) is 1. The van der Waals surface area contributed by atoms with Crippen LogP contribution in [0.3, 0.4) is 0 Å². The van der Waals surface area contributed by atoms with Gasteiger partial charge >= 0.3 is 0 Å². The van der Waals surface area contributed by atoms with E-state index >= 15 is 0 Å². The predicted octanol–water partition coefficient (Wildman–Crippen LogP) is 6.59. The molecule has 33 heavy (non-hydrogen) atoms. The van der Waals surface area contributed by atoms with Crippen LogP contribution in [0.2, 0.25) is 10.0 Å². The summed E-state index contributed by atoms with van der Waals surface area (Å²) >= 11 is 13.0. The van der Waals surface area contributed by atoms with Gasteiger partial charge in [0.15, 0.2) is 0 Å². The van der Waals surface area contributed by atoms with Crippen LogP contribution in [0.4, 0.5) is 5.69 Å². The van der Waals surface area contributed by atoms with Gasteiger partial charge in [0.2, 0.25) is 5.91 Å². The fraction of sp³-hybridized carbons (Fsp3) is 0.0370. The summed E-state index contributed by atoms with van der Waals surface area (Å²) in [6.07, 6.45) is 0. The van der Waals surface area contributed by atoms with Crippen LogP contribution in [0.5, 0.6) is 0 Å². The molecule has 5 rings (SSSR count). The predicted molar refractivity (Wildman–Crippen MR) is 133 cm³/mol. The lowest BCUT2D eigenvalue weighted by Gasteiger charge is -2.32. The number of benzene rings is 4.